The van der Waals surface area contributed by atoms with Crippen LogP contribution in [0.1, 0.15) is 36.0 Å². The van der Waals surface area contributed by atoms with Crippen LogP contribution in [0.3, 0.4) is 0 Å². The van der Waals surface area contributed by atoms with Gasteiger partial charge in [0.05, 0.1) is 25.5 Å². The van der Waals surface area contributed by atoms with Crippen LogP contribution in [0.25, 0.3) is 0 Å². The number of methoxy groups -OCH3 is 2. The number of hydrogen-bond acceptors (Lipinski definition) is 5. The average molecular weight is 290 g/mol. The minimum atomic E-state index is -0.311. The zero-order valence-electron chi connectivity index (χ0n) is 12.8. The monoisotopic (exact) mass is 290 g/mol. The number of fused-ring (bicyclic) bond motifs is 1. The molecule has 2 aliphatic rings. The summed E-state index contributed by atoms with van der Waals surface area (Å²) in [7, 11) is 5.10. The molecule has 5 nitrogen and oxygen atoms in total. The molecule has 0 spiro atoms. The molecule has 1 aliphatic carbocycles. The molecule has 0 radical (unpaired) electrons. The third-order valence-corrected chi connectivity index (χ3v) is 4.67. The lowest BCUT2D eigenvalue weighted by molar-refractivity contribution is 0.0601. The maximum absolute atomic E-state index is 12.0. The van der Waals surface area contributed by atoms with Gasteiger partial charge in [-0.15, -0.1) is 0 Å². The first kappa shape index (κ1) is 14.0. The van der Waals surface area contributed by atoms with Gasteiger partial charge in [0, 0.05) is 7.05 Å². The Hall–Kier alpha value is -1.91. The smallest absolute Gasteiger partial charge is 0.340 e. The molecule has 0 aromatic heterocycles. The van der Waals surface area contributed by atoms with Crippen molar-refractivity contribution >= 4 is 17.3 Å². The van der Waals surface area contributed by atoms with E-state index in [-0.39, 0.29) is 12.1 Å². The van der Waals surface area contributed by atoms with Crippen LogP contribution in [0.4, 0.5) is 11.4 Å². The minimum absolute atomic E-state index is 0.224. The Morgan fingerprint density at radius 1 is 1.29 bits per heavy atom. The van der Waals surface area contributed by atoms with Crippen molar-refractivity contribution < 1.29 is 14.3 Å². The lowest BCUT2D eigenvalue weighted by atomic mass is 10.0. The molecule has 1 fully saturated rings. The quantitative estimate of drug-likeness (QED) is 0.868. The molecule has 3 rings (SSSR count). The van der Waals surface area contributed by atoms with Crippen molar-refractivity contribution in [3.63, 3.8) is 0 Å². The summed E-state index contributed by atoms with van der Waals surface area (Å²) in [6, 6.07) is 3.60. The van der Waals surface area contributed by atoms with Crippen LogP contribution in [0.5, 0.6) is 5.75 Å². The van der Waals surface area contributed by atoms with Gasteiger partial charge in [0.2, 0.25) is 0 Å². The maximum atomic E-state index is 12.0. The van der Waals surface area contributed by atoms with E-state index in [1.165, 1.54) is 32.8 Å². The van der Waals surface area contributed by atoms with E-state index in [1.54, 1.807) is 13.2 Å². The molecule has 1 heterocycles. The lowest BCUT2D eigenvalue weighted by Crippen LogP contribution is -2.38. The molecule has 0 amide bonds. The largest absolute Gasteiger partial charge is 0.495 e. The fraction of sp³-hybridized carbons (Fsp3) is 0.562. The number of nitrogens with zero attached hydrogens (tertiary/aromatic N) is 1. The molecule has 1 atom stereocenters. The topological polar surface area (TPSA) is 50.8 Å². The Labute approximate surface area is 125 Å². The van der Waals surface area contributed by atoms with Crippen LogP contribution < -0.4 is 15.0 Å². The molecule has 0 saturated heterocycles. The second-order valence-electron chi connectivity index (χ2n) is 5.78. The fourth-order valence-corrected chi connectivity index (χ4v) is 3.61. The third kappa shape index (κ3) is 2.20. The van der Waals surface area contributed by atoms with Crippen LogP contribution >= 0.6 is 0 Å². The summed E-state index contributed by atoms with van der Waals surface area (Å²) in [5.74, 6) is 1.07. The number of benzene rings is 1. The van der Waals surface area contributed by atoms with E-state index in [2.05, 4.69) is 10.2 Å². The lowest BCUT2D eigenvalue weighted by Gasteiger charge is -2.28. The normalized spacial score (nSPS) is 21.1. The predicted octanol–water partition coefficient (Wildman–Crippen LogP) is 2.86. The standard InChI is InChI=1S/C16H22N2O3/c1-18-14-11(16(19)21-3)8-9-12(20-2)13(14)17-15(18)10-6-4-5-7-10/h8-10,15,17H,4-7H2,1-3H3. The van der Waals surface area contributed by atoms with E-state index in [9.17, 15) is 4.79 Å². The van der Waals surface area contributed by atoms with E-state index in [4.69, 9.17) is 9.47 Å². The van der Waals surface area contributed by atoms with E-state index < -0.39 is 0 Å². The Morgan fingerprint density at radius 3 is 2.62 bits per heavy atom. The molecule has 1 aromatic rings. The van der Waals surface area contributed by atoms with Gasteiger partial charge < -0.3 is 19.7 Å². The van der Waals surface area contributed by atoms with E-state index >= 15 is 0 Å². The third-order valence-electron chi connectivity index (χ3n) is 4.67. The first-order valence-electron chi connectivity index (χ1n) is 7.46. The number of carbonyl (C=O) groups excluding carboxylic acids is 1. The van der Waals surface area contributed by atoms with Crippen LogP contribution in [0.2, 0.25) is 0 Å². The second-order valence-corrected chi connectivity index (χ2v) is 5.78. The van der Waals surface area contributed by atoms with Crippen molar-refractivity contribution in [3.05, 3.63) is 17.7 Å². The highest BCUT2D eigenvalue weighted by Crippen LogP contribution is 2.46. The molecular weight excluding hydrogens is 268 g/mol. The summed E-state index contributed by atoms with van der Waals surface area (Å²) in [6.07, 6.45) is 5.25. The first-order chi connectivity index (χ1) is 10.2. The van der Waals surface area contributed by atoms with Crippen LogP contribution in [0, 0.1) is 5.92 Å². The molecule has 114 valence electrons. The Balaban J connectivity index is 2.02. The number of carbonyl (C=O) groups is 1. The van der Waals surface area contributed by atoms with Gasteiger partial charge in [-0.25, -0.2) is 4.79 Å². The number of rotatable bonds is 3. The minimum Gasteiger partial charge on any atom is -0.495 e. The van der Waals surface area contributed by atoms with Crippen LogP contribution in [-0.4, -0.2) is 33.4 Å². The van der Waals surface area contributed by atoms with Gasteiger partial charge in [-0.05, 0) is 30.9 Å². The molecular formula is C16H22N2O3. The molecule has 1 aromatic carbocycles. The number of ether oxygens (including phenoxy) is 2. The predicted molar refractivity (Wildman–Crippen MR) is 82.1 cm³/mol. The molecule has 21 heavy (non-hydrogen) atoms. The fourth-order valence-electron chi connectivity index (χ4n) is 3.61. The zero-order valence-corrected chi connectivity index (χ0v) is 12.8. The van der Waals surface area contributed by atoms with E-state index in [1.807, 2.05) is 13.1 Å². The molecule has 5 heteroatoms. The van der Waals surface area contributed by atoms with Crippen LogP contribution in [0.15, 0.2) is 12.1 Å². The second kappa shape index (κ2) is 5.47. The molecule has 1 saturated carbocycles. The van der Waals surface area contributed by atoms with E-state index in [0.717, 1.165) is 17.1 Å². The number of anilines is 2. The van der Waals surface area contributed by atoms with Crippen molar-refractivity contribution in [3.8, 4) is 5.75 Å². The van der Waals surface area contributed by atoms with Crippen molar-refractivity contribution in [2.24, 2.45) is 5.92 Å². The van der Waals surface area contributed by atoms with Gasteiger partial charge in [-0.2, -0.15) is 0 Å². The van der Waals surface area contributed by atoms with Gasteiger partial charge in [0.15, 0.2) is 0 Å². The molecule has 1 aliphatic heterocycles. The summed E-state index contributed by atoms with van der Waals surface area (Å²) in [4.78, 5) is 14.2. The zero-order chi connectivity index (χ0) is 15.0. The maximum Gasteiger partial charge on any atom is 0.340 e. The van der Waals surface area contributed by atoms with Crippen molar-refractivity contribution in [2.45, 2.75) is 31.8 Å². The Kier molecular flexibility index (Phi) is 3.66. The summed E-state index contributed by atoms with van der Waals surface area (Å²) < 4.78 is 10.4. The average Bonchev–Trinajstić information content (AvgIpc) is 3.14. The molecule has 1 unspecified atom stereocenters. The highest BCUT2D eigenvalue weighted by atomic mass is 16.5. The highest BCUT2D eigenvalue weighted by Gasteiger charge is 2.38. The van der Waals surface area contributed by atoms with Crippen LogP contribution in [-0.2, 0) is 4.74 Å². The number of hydrogen-bond donors (Lipinski definition) is 1. The van der Waals surface area contributed by atoms with Crippen molar-refractivity contribution in [1.82, 2.24) is 0 Å². The van der Waals surface area contributed by atoms with Gasteiger partial charge in [0.1, 0.15) is 17.6 Å². The summed E-state index contributed by atoms with van der Waals surface area (Å²) in [5.41, 5.74) is 2.38. The van der Waals surface area contributed by atoms with Crippen molar-refractivity contribution in [2.75, 3.05) is 31.5 Å². The van der Waals surface area contributed by atoms with E-state index in [0.29, 0.717) is 11.5 Å². The summed E-state index contributed by atoms with van der Waals surface area (Å²) in [5, 5.41) is 3.56. The van der Waals surface area contributed by atoms with Gasteiger partial charge in [-0.3, -0.25) is 0 Å². The van der Waals surface area contributed by atoms with Crippen molar-refractivity contribution in [1.29, 1.82) is 0 Å². The van der Waals surface area contributed by atoms with Gasteiger partial charge >= 0.3 is 5.97 Å². The Bertz CT molecular complexity index is 553. The molecule has 1 N–H and O–H groups in total. The summed E-state index contributed by atoms with van der Waals surface area (Å²) >= 11 is 0. The van der Waals surface area contributed by atoms with Gasteiger partial charge in [0.25, 0.3) is 0 Å². The highest BCUT2D eigenvalue weighted by molar-refractivity contribution is 6.02. The number of nitrogens with one attached hydrogen (secondary N) is 1. The number of esters is 1. The van der Waals surface area contributed by atoms with Gasteiger partial charge in [-0.1, -0.05) is 12.8 Å². The molecule has 0 bridgehead atoms. The summed E-state index contributed by atoms with van der Waals surface area (Å²) in [6.45, 7) is 0. The SMILES string of the molecule is COC(=O)c1ccc(OC)c2c1N(C)C(C1CCCC1)N2. The Morgan fingerprint density at radius 2 is 2.00 bits per heavy atom. The first-order valence-corrected chi connectivity index (χ1v) is 7.46.